The molecule has 2 aromatic rings. The molecule has 1 aliphatic rings. The number of likely N-dealkylation sites (N-methyl/N-ethyl adjacent to an activating group) is 1. The topological polar surface area (TPSA) is 75.9 Å². The summed E-state index contributed by atoms with van der Waals surface area (Å²) in [6, 6.07) is 14.4. The Morgan fingerprint density at radius 2 is 1.71 bits per heavy atom. The van der Waals surface area contributed by atoms with Gasteiger partial charge in [0.15, 0.2) is 0 Å². The number of nitrogens with zero attached hydrogens (tertiary/aromatic N) is 3. The minimum atomic E-state index is -1.95. The van der Waals surface area contributed by atoms with Crippen molar-refractivity contribution in [3.63, 3.8) is 0 Å². The molecule has 0 N–H and O–H groups in total. The lowest BCUT2D eigenvalue weighted by Crippen LogP contribution is -2.43. The molecule has 1 saturated heterocycles. The molecule has 7 nitrogen and oxygen atoms in total. The third-order valence-corrected chi connectivity index (χ3v) is 11.8. The van der Waals surface area contributed by atoms with E-state index < -0.39 is 13.2 Å². The van der Waals surface area contributed by atoms with Crippen LogP contribution in [0, 0.1) is 10.1 Å². The van der Waals surface area contributed by atoms with Crippen molar-refractivity contribution in [1.29, 1.82) is 0 Å². The monoisotopic (exact) mass is 497 g/mol. The zero-order valence-corrected chi connectivity index (χ0v) is 22.9. The standard InChI is InChI=1S/C27H39N3O4Si/c1-27(2,3)35(5,6)34-23-15-13-21(14-16-23)25(20-29-17-9-10-18-29)28(4)26(31)19-22-11-7-8-12-24(22)30(32)33/h7-8,11-16,25H,9-10,17-20H2,1-6H3/t25-/m1/s1. The number of rotatable bonds is 9. The van der Waals surface area contributed by atoms with Crippen molar-refractivity contribution in [2.75, 3.05) is 26.7 Å². The van der Waals surface area contributed by atoms with E-state index in [2.05, 4.69) is 50.9 Å². The van der Waals surface area contributed by atoms with Gasteiger partial charge in [-0.05, 0) is 61.8 Å². The summed E-state index contributed by atoms with van der Waals surface area (Å²) in [6.07, 6.45) is 2.33. The van der Waals surface area contributed by atoms with Crippen molar-refractivity contribution in [2.24, 2.45) is 0 Å². The second kappa shape index (κ2) is 10.9. The number of hydrogen-bond donors (Lipinski definition) is 0. The van der Waals surface area contributed by atoms with Gasteiger partial charge < -0.3 is 14.2 Å². The maximum Gasteiger partial charge on any atom is 0.273 e. The molecule has 0 radical (unpaired) electrons. The summed E-state index contributed by atoms with van der Waals surface area (Å²) in [6.45, 7) is 13.9. The largest absolute Gasteiger partial charge is 0.544 e. The molecule has 3 rings (SSSR count). The SMILES string of the molecule is CN(C(=O)Cc1ccccc1[N+](=O)[O-])[C@H](CN1CCCC1)c1ccc(O[Si](C)(C)C(C)(C)C)cc1. The van der Waals surface area contributed by atoms with E-state index in [-0.39, 0.29) is 29.1 Å². The van der Waals surface area contributed by atoms with E-state index in [1.807, 2.05) is 12.1 Å². The van der Waals surface area contributed by atoms with E-state index >= 15 is 0 Å². The molecule has 35 heavy (non-hydrogen) atoms. The third-order valence-electron chi connectivity index (χ3n) is 7.46. The first-order chi connectivity index (χ1) is 16.4. The first kappa shape index (κ1) is 26.9. The Hall–Kier alpha value is -2.71. The summed E-state index contributed by atoms with van der Waals surface area (Å²) < 4.78 is 6.44. The van der Waals surface area contributed by atoms with E-state index in [4.69, 9.17) is 4.43 Å². The van der Waals surface area contributed by atoms with Gasteiger partial charge in [-0.3, -0.25) is 14.9 Å². The van der Waals surface area contributed by atoms with Gasteiger partial charge in [0.05, 0.1) is 17.4 Å². The van der Waals surface area contributed by atoms with Gasteiger partial charge in [-0.1, -0.05) is 51.1 Å². The van der Waals surface area contributed by atoms with Crippen LogP contribution < -0.4 is 4.43 Å². The highest BCUT2D eigenvalue weighted by Crippen LogP contribution is 2.37. The number of carbonyl (C=O) groups excluding carboxylic acids is 1. The van der Waals surface area contributed by atoms with Crippen LogP contribution in [0.5, 0.6) is 5.75 Å². The van der Waals surface area contributed by atoms with Crippen LogP contribution in [0.25, 0.3) is 0 Å². The molecule has 1 heterocycles. The van der Waals surface area contributed by atoms with Gasteiger partial charge >= 0.3 is 0 Å². The van der Waals surface area contributed by atoms with Gasteiger partial charge in [0.2, 0.25) is 14.2 Å². The first-order valence-electron chi connectivity index (χ1n) is 12.4. The van der Waals surface area contributed by atoms with Crippen LogP contribution in [0.1, 0.15) is 50.8 Å². The fourth-order valence-corrected chi connectivity index (χ4v) is 5.20. The van der Waals surface area contributed by atoms with Crippen LogP contribution in [-0.2, 0) is 11.2 Å². The number of likely N-dealkylation sites (tertiary alicyclic amines) is 1. The molecule has 1 aliphatic heterocycles. The van der Waals surface area contributed by atoms with Crippen molar-refractivity contribution >= 4 is 19.9 Å². The van der Waals surface area contributed by atoms with Crippen molar-refractivity contribution in [3.8, 4) is 5.75 Å². The van der Waals surface area contributed by atoms with Crippen LogP contribution in [0.15, 0.2) is 48.5 Å². The fraction of sp³-hybridized carbons (Fsp3) is 0.519. The van der Waals surface area contributed by atoms with Crippen molar-refractivity contribution < 1.29 is 14.1 Å². The number of benzene rings is 2. The van der Waals surface area contributed by atoms with Gasteiger partial charge in [0, 0.05) is 25.2 Å². The van der Waals surface area contributed by atoms with Crippen molar-refractivity contribution in [3.05, 3.63) is 69.8 Å². The van der Waals surface area contributed by atoms with Gasteiger partial charge in [-0.25, -0.2) is 0 Å². The van der Waals surface area contributed by atoms with Gasteiger partial charge in [0.1, 0.15) is 5.75 Å². The van der Waals surface area contributed by atoms with Crippen LogP contribution in [-0.4, -0.2) is 55.6 Å². The maximum atomic E-state index is 13.3. The zero-order valence-electron chi connectivity index (χ0n) is 21.9. The summed E-state index contributed by atoms with van der Waals surface area (Å²) >= 11 is 0. The summed E-state index contributed by atoms with van der Waals surface area (Å²) in [4.78, 5) is 28.4. The second-order valence-corrected chi connectivity index (χ2v) is 15.7. The highest BCUT2D eigenvalue weighted by Gasteiger charge is 2.39. The molecule has 0 unspecified atom stereocenters. The Balaban J connectivity index is 1.82. The normalized spacial score (nSPS) is 15.6. The molecule has 190 valence electrons. The zero-order chi connectivity index (χ0) is 25.8. The van der Waals surface area contributed by atoms with Gasteiger partial charge in [0.25, 0.3) is 5.69 Å². The summed E-state index contributed by atoms with van der Waals surface area (Å²) in [5, 5.41) is 11.5. The Bertz CT molecular complexity index is 1030. The van der Waals surface area contributed by atoms with E-state index in [1.54, 1.807) is 30.1 Å². The summed E-state index contributed by atoms with van der Waals surface area (Å²) in [7, 11) is -0.142. The molecule has 1 amide bonds. The lowest BCUT2D eigenvalue weighted by atomic mass is 10.0. The van der Waals surface area contributed by atoms with E-state index in [1.165, 1.54) is 18.9 Å². The molecule has 2 aromatic carbocycles. The Kier molecular flexibility index (Phi) is 8.38. The van der Waals surface area contributed by atoms with E-state index in [0.29, 0.717) is 5.56 Å². The average molecular weight is 498 g/mol. The van der Waals surface area contributed by atoms with Crippen LogP contribution in [0.2, 0.25) is 18.1 Å². The highest BCUT2D eigenvalue weighted by molar-refractivity contribution is 6.74. The highest BCUT2D eigenvalue weighted by atomic mass is 28.4. The Labute approximate surface area is 210 Å². The fourth-order valence-electron chi connectivity index (χ4n) is 4.17. The maximum absolute atomic E-state index is 13.3. The minimum Gasteiger partial charge on any atom is -0.544 e. The molecule has 0 aliphatic carbocycles. The predicted molar refractivity (Wildman–Crippen MR) is 142 cm³/mol. The first-order valence-corrected chi connectivity index (χ1v) is 15.3. The number of amides is 1. The number of hydrogen-bond acceptors (Lipinski definition) is 5. The molecular weight excluding hydrogens is 458 g/mol. The molecule has 0 spiro atoms. The number of carbonyl (C=O) groups is 1. The van der Waals surface area contributed by atoms with Crippen LogP contribution in [0.4, 0.5) is 5.69 Å². The van der Waals surface area contributed by atoms with E-state index in [9.17, 15) is 14.9 Å². The smallest absolute Gasteiger partial charge is 0.273 e. The number of nitro groups is 1. The van der Waals surface area contributed by atoms with E-state index in [0.717, 1.165) is 30.9 Å². The van der Waals surface area contributed by atoms with Gasteiger partial charge in [-0.15, -0.1) is 0 Å². The summed E-state index contributed by atoms with van der Waals surface area (Å²) in [5.74, 6) is 0.722. The Morgan fingerprint density at radius 3 is 2.29 bits per heavy atom. The quantitative estimate of drug-likeness (QED) is 0.248. The molecule has 0 aromatic heterocycles. The lowest BCUT2D eigenvalue weighted by Gasteiger charge is -2.36. The predicted octanol–water partition coefficient (Wildman–Crippen LogP) is 5.82. The minimum absolute atomic E-state index is 0.00325. The number of nitro benzene ring substituents is 1. The Morgan fingerprint density at radius 1 is 1.11 bits per heavy atom. The third kappa shape index (κ3) is 6.70. The van der Waals surface area contributed by atoms with Crippen LogP contribution >= 0.6 is 0 Å². The molecule has 8 heteroatoms. The van der Waals surface area contributed by atoms with Gasteiger partial charge in [-0.2, -0.15) is 0 Å². The van der Waals surface area contributed by atoms with Crippen LogP contribution in [0.3, 0.4) is 0 Å². The second-order valence-electron chi connectivity index (χ2n) is 11.0. The lowest BCUT2D eigenvalue weighted by molar-refractivity contribution is -0.385. The molecule has 1 atom stereocenters. The van der Waals surface area contributed by atoms with Crippen molar-refractivity contribution in [1.82, 2.24) is 9.80 Å². The molecule has 0 bridgehead atoms. The molecule has 1 fully saturated rings. The number of para-hydroxylation sites is 1. The van der Waals surface area contributed by atoms with Crippen molar-refractivity contribution in [2.45, 2.75) is 64.2 Å². The summed E-state index contributed by atoms with van der Waals surface area (Å²) in [5.41, 5.74) is 1.46. The average Bonchev–Trinajstić information content (AvgIpc) is 3.30. The molecular formula is C27H39N3O4Si. The molecule has 0 saturated carbocycles.